The van der Waals surface area contributed by atoms with Crippen LogP contribution in [-0.4, -0.2) is 88.3 Å². The summed E-state index contributed by atoms with van der Waals surface area (Å²) < 4.78 is 11.7. The maximum atomic E-state index is 13.4. The van der Waals surface area contributed by atoms with Gasteiger partial charge in [-0.3, -0.25) is 14.4 Å². The molecule has 4 aliphatic rings. The molecule has 1 heterocycles. The SMILES string of the molecule is C=C(C)[C@@H]1CC[C@@](CCC(C)(C)[C@]2(C)CCC3C(C)(C)[C@@H](OC(=O)CN(OC)[C@@H]4OC[C@@H](O)C(O)[C@@H]4O)CC[C@]3(C)C2CCC)(C(=O)O)C1C. The van der Waals surface area contributed by atoms with Crippen LogP contribution in [0.1, 0.15) is 127 Å². The van der Waals surface area contributed by atoms with Gasteiger partial charge < -0.3 is 29.9 Å². The van der Waals surface area contributed by atoms with Crippen molar-refractivity contribution in [1.29, 1.82) is 0 Å². The first-order valence-electron chi connectivity index (χ1n) is 19.2. The molecule has 0 aromatic carbocycles. The molecule has 288 valence electrons. The number of hydrogen-bond acceptors (Lipinski definition) is 9. The Morgan fingerprint density at radius 1 is 1.02 bits per heavy atom. The van der Waals surface area contributed by atoms with Crippen LogP contribution in [-0.2, 0) is 23.9 Å². The summed E-state index contributed by atoms with van der Waals surface area (Å²) in [5.41, 5.74) is 0.00157. The highest BCUT2D eigenvalue weighted by Gasteiger charge is 2.64. The first kappa shape index (κ1) is 41.2. The predicted octanol–water partition coefficient (Wildman–Crippen LogP) is 6.36. The van der Waals surface area contributed by atoms with Crippen LogP contribution in [0.4, 0.5) is 0 Å². The van der Waals surface area contributed by atoms with E-state index in [4.69, 9.17) is 14.3 Å². The third-order valence-electron chi connectivity index (χ3n) is 15.3. The number of hydroxylamine groups is 2. The topological polar surface area (TPSA) is 146 Å². The zero-order valence-electron chi connectivity index (χ0n) is 32.7. The summed E-state index contributed by atoms with van der Waals surface area (Å²) in [6, 6.07) is 0. The molecular formula is C40H69NO9. The Kier molecular flexibility index (Phi) is 12.4. The van der Waals surface area contributed by atoms with Gasteiger partial charge in [0.2, 0.25) is 0 Å². The van der Waals surface area contributed by atoms with Gasteiger partial charge in [-0.1, -0.05) is 74.0 Å². The molecule has 0 aromatic heterocycles. The van der Waals surface area contributed by atoms with E-state index in [0.717, 1.165) is 62.0 Å². The molecule has 4 N–H and O–H groups in total. The lowest BCUT2D eigenvalue weighted by Gasteiger charge is -2.67. The molecule has 50 heavy (non-hydrogen) atoms. The Morgan fingerprint density at radius 3 is 2.24 bits per heavy atom. The minimum atomic E-state index is -1.46. The highest BCUT2D eigenvalue weighted by molar-refractivity contribution is 5.75. The molecule has 0 aromatic rings. The van der Waals surface area contributed by atoms with Crippen molar-refractivity contribution in [3.05, 3.63) is 12.2 Å². The Bertz CT molecular complexity index is 1240. The van der Waals surface area contributed by atoms with E-state index in [0.29, 0.717) is 24.7 Å². The van der Waals surface area contributed by atoms with E-state index in [2.05, 4.69) is 62.0 Å². The van der Waals surface area contributed by atoms with Gasteiger partial charge in [-0.2, -0.15) is 0 Å². The minimum Gasteiger partial charge on any atom is -0.481 e. The van der Waals surface area contributed by atoms with Crippen molar-refractivity contribution >= 4 is 11.9 Å². The number of allylic oxidation sites excluding steroid dienone is 1. The van der Waals surface area contributed by atoms with Gasteiger partial charge in [0.25, 0.3) is 0 Å². The van der Waals surface area contributed by atoms with Crippen molar-refractivity contribution in [2.45, 2.75) is 157 Å². The smallest absolute Gasteiger partial charge is 0.323 e. The fraction of sp³-hybridized carbons (Fsp3) is 0.900. The molecule has 1 saturated heterocycles. The van der Waals surface area contributed by atoms with Gasteiger partial charge in [-0.05, 0) is 105 Å². The van der Waals surface area contributed by atoms with E-state index in [-0.39, 0.29) is 52.8 Å². The lowest BCUT2D eigenvalue weighted by Crippen LogP contribution is -2.62. The zero-order valence-corrected chi connectivity index (χ0v) is 32.7. The highest BCUT2D eigenvalue weighted by atomic mass is 16.7. The van der Waals surface area contributed by atoms with Crippen molar-refractivity contribution in [3.8, 4) is 0 Å². The minimum absolute atomic E-state index is 0.00108. The molecule has 0 radical (unpaired) electrons. The van der Waals surface area contributed by atoms with Crippen molar-refractivity contribution in [1.82, 2.24) is 5.06 Å². The Morgan fingerprint density at radius 2 is 1.68 bits per heavy atom. The number of ether oxygens (including phenoxy) is 2. The van der Waals surface area contributed by atoms with Gasteiger partial charge in [0, 0.05) is 5.41 Å². The van der Waals surface area contributed by atoms with Gasteiger partial charge in [-0.25, -0.2) is 0 Å². The number of aliphatic hydroxyl groups is 3. The maximum Gasteiger partial charge on any atom is 0.323 e. The predicted molar refractivity (Wildman–Crippen MR) is 191 cm³/mol. The van der Waals surface area contributed by atoms with Gasteiger partial charge in [-0.15, -0.1) is 5.06 Å². The van der Waals surface area contributed by atoms with E-state index in [9.17, 15) is 30.0 Å². The number of rotatable bonds is 13. The third-order valence-corrected chi connectivity index (χ3v) is 15.3. The number of carbonyl (C=O) groups is 2. The molecular weight excluding hydrogens is 638 g/mol. The molecule has 0 spiro atoms. The number of hydrogen-bond donors (Lipinski definition) is 4. The Balaban J connectivity index is 1.51. The lowest BCUT2D eigenvalue weighted by molar-refractivity contribution is -0.305. The van der Waals surface area contributed by atoms with Gasteiger partial charge >= 0.3 is 11.9 Å². The van der Waals surface area contributed by atoms with E-state index in [1.807, 2.05) is 6.92 Å². The first-order valence-corrected chi connectivity index (χ1v) is 19.2. The van der Waals surface area contributed by atoms with Crippen LogP contribution >= 0.6 is 0 Å². The van der Waals surface area contributed by atoms with E-state index >= 15 is 0 Å². The van der Waals surface area contributed by atoms with Crippen LogP contribution in [0.15, 0.2) is 12.2 Å². The average molecular weight is 708 g/mol. The standard InChI is InChI=1S/C40H69NO9/c1-12-13-29-38(9)17-16-30(50-31(43)22-41(48-11)34-33(45)32(44)27(42)23-49-34)37(7,8)28(38)15-18-39(29,10)36(5,6)20-21-40(35(46)47)19-14-26(24(2)3)25(40)4/h25-30,32-34,42,44-45H,2,12-23H2,1,3-11H3,(H,46,47)/t25?,26-,27+,28?,29?,30-,32?,33-,34+,38-,39+,40-/m0/s1. The number of carbonyl (C=O) groups excluding carboxylic acids is 1. The number of esters is 1. The average Bonchev–Trinajstić information content (AvgIpc) is 3.38. The van der Waals surface area contributed by atoms with E-state index < -0.39 is 41.9 Å². The van der Waals surface area contributed by atoms with E-state index in [1.165, 1.54) is 7.11 Å². The van der Waals surface area contributed by atoms with Gasteiger partial charge in [0.1, 0.15) is 31.0 Å². The third kappa shape index (κ3) is 7.07. The van der Waals surface area contributed by atoms with E-state index in [1.54, 1.807) is 0 Å². The number of carboxylic acid groups (broad SMARTS) is 1. The summed E-state index contributed by atoms with van der Waals surface area (Å²) >= 11 is 0. The lowest BCUT2D eigenvalue weighted by atomic mass is 9.38. The van der Waals surface area contributed by atoms with Crippen molar-refractivity contribution in [3.63, 3.8) is 0 Å². The summed E-state index contributed by atoms with van der Waals surface area (Å²) in [6.07, 6.45) is 3.45. The van der Waals surface area contributed by atoms with Crippen molar-refractivity contribution < 1.29 is 44.3 Å². The van der Waals surface area contributed by atoms with Crippen LogP contribution in [0, 0.1) is 50.7 Å². The summed E-state index contributed by atoms with van der Waals surface area (Å²) in [7, 11) is 1.36. The van der Waals surface area contributed by atoms with Crippen molar-refractivity contribution in [2.75, 3.05) is 20.3 Å². The highest BCUT2D eigenvalue weighted by Crippen LogP contribution is 2.70. The molecule has 3 aliphatic carbocycles. The van der Waals surface area contributed by atoms with Crippen LogP contribution in [0.3, 0.4) is 0 Å². The first-order chi connectivity index (χ1) is 23.1. The second-order valence-electron chi connectivity index (χ2n) is 18.3. The summed E-state index contributed by atoms with van der Waals surface area (Å²) in [5, 5.41) is 42.3. The number of aliphatic hydroxyl groups excluding tert-OH is 3. The largest absolute Gasteiger partial charge is 0.481 e. The van der Waals surface area contributed by atoms with Crippen LogP contribution in [0.2, 0.25) is 0 Å². The van der Waals surface area contributed by atoms with Crippen molar-refractivity contribution in [2.24, 2.45) is 50.7 Å². The van der Waals surface area contributed by atoms with Crippen LogP contribution < -0.4 is 0 Å². The normalized spacial score (nSPS) is 41.8. The Labute approximate surface area is 301 Å². The second kappa shape index (κ2) is 15.1. The molecule has 12 atom stereocenters. The molecule has 1 aliphatic heterocycles. The second-order valence-corrected chi connectivity index (χ2v) is 18.3. The monoisotopic (exact) mass is 707 g/mol. The molecule has 10 nitrogen and oxygen atoms in total. The number of nitrogens with zero attached hydrogens (tertiary/aromatic N) is 1. The quantitative estimate of drug-likeness (QED) is 0.0970. The molecule has 10 heteroatoms. The Hall–Kier alpha value is -1.56. The number of aliphatic carboxylic acids is 1. The maximum absolute atomic E-state index is 13.4. The number of fused-ring (bicyclic) bond motifs is 1. The van der Waals surface area contributed by atoms with Gasteiger partial charge in [0.05, 0.1) is 19.1 Å². The molecule has 4 unspecified atom stereocenters. The number of carboxylic acids is 1. The summed E-state index contributed by atoms with van der Waals surface area (Å²) in [4.78, 5) is 31.7. The summed E-state index contributed by atoms with van der Waals surface area (Å²) in [5.74, 6) is -0.0974. The summed E-state index contributed by atoms with van der Waals surface area (Å²) in [6.45, 7) is 24.3. The molecule has 4 fully saturated rings. The van der Waals surface area contributed by atoms with Gasteiger partial charge in [0.15, 0.2) is 6.23 Å². The molecule has 0 amide bonds. The fourth-order valence-corrected chi connectivity index (χ4v) is 11.6. The molecule has 0 bridgehead atoms. The van der Waals surface area contributed by atoms with Crippen LogP contribution in [0.25, 0.3) is 0 Å². The molecule has 4 rings (SSSR count). The fourth-order valence-electron chi connectivity index (χ4n) is 11.6. The molecule has 3 saturated carbocycles. The van der Waals surface area contributed by atoms with Crippen LogP contribution in [0.5, 0.6) is 0 Å². The zero-order chi connectivity index (χ0) is 37.6.